The third kappa shape index (κ3) is 9.96. The monoisotopic (exact) mass is 708 g/mol. The molecule has 1 amide bonds. The number of hydrogen-bond donors (Lipinski definition) is 2. The number of carbonyl (C=O) groups is 2. The summed E-state index contributed by atoms with van der Waals surface area (Å²) >= 11 is 3.34. The fourth-order valence-electron chi connectivity index (χ4n) is 5.21. The molecule has 5 rings (SSSR count). The molecule has 1 unspecified atom stereocenters. The van der Waals surface area contributed by atoms with Gasteiger partial charge in [0.2, 0.25) is 6.41 Å². The maximum Gasteiger partial charge on any atom is 0.302 e. The molecule has 2 N–H and O–H groups in total. The van der Waals surface area contributed by atoms with Gasteiger partial charge in [-0.1, -0.05) is 46.3 Å². The first-order valence-electron chi connectivity index (χ1n) is 15.1. The maximum atomic E-state index is 14.0. The normalized spacial score (nSPS) is 13.0. The number of benzene rings is 3. The average molecular weight is 710 g/mol. The Morgan fingerprint density at radius 2 is 1.81 bits per heavy atom. The van der Waals surface area contributed by atoms with Crippen LogP contribution in [0.1, 0.15) is 68.8 Å². The molecule has 47 heavy (non-hydrogen) atoms. The van der Waals surface area contributed by atoms with E-state index in [0.717, 1.165) is 38.4 Å². The number of carbonyl (C=O) groups excluding carboxylic acids is 2. The minimum atomic E-state index is -0.375. The SMILES string of the molecule is CC(c1cc(Br)ccc1F)n1cc2ccccc2cc1=O.CC1=CCCC(O)=C1c1cc(C)c(F)c(CNC=O)c1.CCOC(C)=O. The van der Waals surface area contributed by atoms with Crippen LogP contribution in [0.4, 0.5) is 8.78 Å². The minimum Gasteiger partial charge on any atom is -0.512 e. The van der Waals surface area contributed by atoms with Crippen molar-refractivity contribution < 1.29 is 28.2 Å². The summed E-state index contributed by atoms with van der Waals surface area (Å²) < 4.78 is 34.8. The number of esters is 1. The zero-order valence-corrected chi connectivity index (χ0v) is 28.7. The van der Waals surface area contributed by atoms with Crippen LogP contribution in [0.15, 0.2) is 93.5 Å². The van der Waals surface area contributed by atoms with Gasteiger partial charge in [-0.15, -0.1) is 0 Å². The Morgan fingerprint density at radius 1 is 1.11 bits per heavy atom. The van der Waals surface area contributed by atoms with Gasteiger partial charge >= 0.3 is 5.97 Å². The van der Waals surface area contributed by atoms with E-state index in [4.69, 9.17) is 0 Å². The van der Waals surface area contributed by atoms with Crippen LogP contribution in [0.5, 0.6) is 0 Å². The van der Waals surface area contributed by atoms with Gasteiger partial charge in [-0.25, -0.2) is 8.78 Å². The number of halogens is 3. The molecule has 0 saturated heterocycles. The van der Waals surface area contributed by atoms with E-state index in [-0.39, 0.29) is 35.7 Å². The van der Waals surface area contributed by atoms with Crippen LogP contribution in [0, 0.1) is 18.6 Å². The lowest BCUT2D eigenvalue weighted by Crippen LogP contribution is -2.23. The van der Waals surface area contributed by atoms with E-state index in [1.54, 1.807) is 54.9 Å². The van der Waals surface area contributed by atoms with Crippen molar-refractivity contribution in [1.29, 1.82) is 0 Å². The van der Waals surface area contributed by atoms with Crippen LogP contribution in [-0.2, 0) is 20.9 Å². The van der Waals surface area contributed by atoms with E-state index in [1.807, 2.05) is 38.1 Å². The minimum absolute atomic E-state index is 0.138. The first-order valence-corrected chi connectivity index (χ1v) is 15.9. The molecule has 1 atom stereocenters. The van der Waals surface area contributed by atoms with Gasteiger partial charge in [0.25, 0.3) is 5.56 Å². The highest BCUT2D eigenvalue weighted by atomic mass is 79.9. The second-order valence-corrected chi connectivity index (χ2v) is 11.8. The quantitative estimate of drug-likeness (QED) is 0.148. The highest BCUT2D eigenvalue weighted by molar-refractivity contribution is 9.10. The predicted octanol–water partition coefficient (Wildman–Crippen LogP) is 8.47. The largest absolute Gasteiger partial charge is 0.512 e. The molecule has 3 aromatic carbocycles. The van der Waals surface area contributed by atoms with Crippen LogP contribution in [-0.4, -0.2) is 28.7 Å². The van der Waals surface area contributed by atoms with Crippen LogP contribution in [0.2, 0.25) is 0 Å². The standard InChI is InChI=1S/C17H13BrFNO.C16H18FNO2.C4H8O2/c1-11(15-9-14(18)6-7-16(15)19)20-10-13-5-3-2-4-12(13)8-17(20)21;1-10-4-3-5-14(20)15(10)12-6-11(2)16(17)13(7-12)8-18-9-19;1-3-6-4(2)5/h2-11H,1H3;4,6-7,9,20H,3,5,8H2,1-2H3,(H,18,19);3H2,1-2H3. The molecule has 4 aromatic rings. The summed E-state index contributed by atoms with van der Waals surface area (Å²) in [6, 6.07) is 17.0. The van der Waals surface area contributed by atoms with Crippen molar-refractivity contribution >= 4 is 44.7 Å². The summed E-state index contributed by atoms with van der Waals surface area (Å²) in [5.74, 6) is -0.505. The summed E-state index contributed by atoms with van der Waals surface area (Å²) in [7, 11) is 0. The number of nitrogens with one attached hydrogen (secondary N) is 1. The van der Waals surface area contributed by atoms with Crippen LogP contribution < -0.4 is 10.9 Å². The molecular weight excluding hydrogens is 670 g/mol. The molecule has 1 heterocycles. The van der Waals surface area contributed by atoms with E-state index in [1.165, 1.54) is 13.0 Å². The molecule has 10 heteroatoms. The number of aliphatic hydroxyl groups excluding tert-OH is 1. The highest BCUT2D eigenvalue weighted by Crippen LogP contribution is 2.33. The molecule has 0 aliphatic heterocycles. The Bertz CT molecular complexity index is 1870. The number of fused-ring (bicyclic) bond motifs is 1. The Kier molecular flexibility index (Phi) is 13.6. The van der Waals surface area contributed by atoms with Gasteiger partial charge in [0.05, 0.1) is 12.6 Å². The number of amides is 1. The third-order valence-electron chi connectivity index (χ3n) is 7.49. The molecule has 7 nitrogen and oxygen atoms in total. The topological polar surface area (TPSA) is 97.6 Å². The van der Waals surface area contributed by atoms with Gasteiger partial charge in [-0.2, -0.15) is 0 Å². The number of pyridine rings is 1. The first kappa shape index (κ1) is 36.9. The second kappa shape index (κ2) is 17.4. The van der Waals surface area contributed by atoms with E-state index >= 15 is 0 Å². The molecular formula is C37H39BrF2N2O5. The number of aromatic nitrogens is 1. The molecule has 1 aromatic heterocycles. The number of aryl methyl sites for hydroxylation is 1. The number of aliphatic hydroxyl groups is 1. The van der Waals surface area contributed by atoms with Gasteiger partial charge in [0.1, 0.15) is 17.4 Å². The lowest BCUT2D eigenvalue weighted by Gasteiger charge is -2.18. The Labute approximate surface area is 281 Å². The average Bonchev–Trinajstić information content (AvgIpc) is 3.03. The number of ether oxygens (including phenoxy) is 1. The summed E-state index contributed by atoms with van der Waals surface area (Å²) in [5, 5.41) is 14.4. The molecule has 1 aliphatic carbocycles. The molecule has 248 valence electrons. The van der Waals surface area contributed by atoms with Gasteiger partial charge < -0.3 is 19.7 Å². The lowest BCUT2D eigenvalue weighted by molar-refractivity contribution is -0.140. The lowest BCUT2D eigenvalue weighted by atomic mass is 9.89. The summed E-state index contributed by atoms with van der Waals surface area (Å²) in [6.45, 7) is 9.23. The van der Waals surface area contributed by atoms with Crippen LogP contribution in [0.25, 0.3) is 16.3 Å². The van der Waals surface area contributed by atoms with Gasteiger partial charge in [-0.05, 0) is 91.9 Å². The fourth-order valence-corrected chi connectivity index (χ4v) is 5.59. The van der Waals surface area contributed by atoms with Gasteiger partial charge in [0.15, 0.2) is 0 Å². The third-order valence-corrected chi connectivity index (χ3v) is 7.98. The first-order chi connectivity index (χ1) is 22.4. The summed E-state index contributed by atoms with van der Waals surface area (Å²) in [6.07, 6.45) is 5.82. The van der Waals surface area contributed by atoms with Gasteiger partial charge in [-0.3, -0.25) is 14.4 Å². The van der Waals surface area contributed by atoms with Crippen molar-refractivity contribution in [3.8, 4) is 0 Å². The fraction of sp³-hybridized carbons (Fsp3) is 0.270. The molecule has 1 aliphatic rings. The molecule has 0 radical (unpaired) electrons. The van der Waals surface area contributed by atoms with Crippen molar-refractivity contribution in [2.24, 2.45) is 0 Å². The number of allylic oxidation sites excluding steroid dienone is 4. The number of rotatable bonds is 7. The molecule has 0 spiro atoms. The van der Waals surface area contributed by atoms with E-state index in [2.05, 4.69) is 32.1 Å². The van der Waals surface area contributed by atoms with Crippen molar-refractivity contribution in [3.63, 3.8) is 0 Å². The van der Waals surface area contributed by atoms with Crippen molar-refractivity contribution in [1.82, 2.24) is 9.88 Å². The highest BCUT2D eigenvalue weighted by Gasteiger charge is 2.18. The number of hydrogen-bond acceptors (Lipinski definition) is 5. The van der Waals surface area contributed by atoms with E-state index in [9.17, 15) is 28.3 Å². The van der Waals surface area contributed by atoms with Crippen LogP contribution in [0.3, 0.4) is 0 Å². The molecule has 0 bridgehead atoms. The number of nitrogens with zero attached hydrogens (tertiary/aromatic N) is 1. The zero-order chi connectivity index (χ0) is 34.7. The smallest absolute Gasteiger partial charge is 0.302 e. The molecule has 0 fully saturated rings. The van der Waals surface area contributed by atoms with E-state index < -0.39 is 0 Å². The summed E-state index contributed by atoms with van der Waals surface area (Å²) in [5.41, 5.74) is 3.83. The van der Waals surface area contributed by atoms with E-state index in [0.29, 0.717) is 41.9 Å². The zero-order valence-electron chi connectivity index (χ0n) is 27.1. The Morgan fingerprint density at radius 3 is 2.43 bits per heavy atom. The van der Waals surface area contributed by atoms with Crippen molar-refractivity contribution in [2.75, 3.05) is 6.61 Å². The van der Waals surface area contributed by atoms with Crippen molar-refractivity contribution in [2.45, 2.75) is 60.0 Å². The Hall–Kier alpha value is -4.57. The Balaban J connectivity index is 0.000000219. The second-order valence-electron chi connectivity index (χ2n) is 10.9. The summed E-state index contributed by atoms with van der Waals surface area (Å²) in [4.78, 5) is 32.5. The van der Waals surface area contributed by atoms with Crippen LogP contribution >= 0.6 is 15.9 Å². The van der Waals surface area contributed by atoms with Crippen molar-refractivity contribution in [3.05, 3.63) is 133 Å². The van der Waals surface area contributed by atoms with Gasteiger partial charge in [0, 0.05) is 53.3 Å². The predicted molar refractivity (Wildman–Crippen MR) is 185 cm³/mol. The maximum absolute atomic E-state index is 14.0. The molecule has 0 saturated carbocycles.